The first-order valence-corrected chi connectivity index (χ1v) is 6.98. The summed E-state index contributed by atoms with van der Waals surface area (Å²) >= 11 is -0.0359. The second kappa shape index (κ2) is 5.85. The molecule has 0 spiro atoms. The largest absolute Gasteiger partial charge is 0.441 e. The Balaban J connectivity index is 1.90. The van der Waals surface area contributed by atoms with E-state index in [1.807, 2.05) is 0 Å². The molecule has 1 aromatic heterocycles. The Morgan fingerprint density at radius 1 is 1.32 bits per heavy atom. The Morgan fingerprint density at radius 2 is 2.00 bits per heavy atom. The number of aromatic nitrogens is 2. The number of hydrogen-bond donors (Lipinski definition) is 2. The maximum absolute atomic E-state index is 12.0. The van der Waals surface area contributed by atoms with Gasteiger partial charge in [-0.3, -0.25) is 0 Å². The molecule has 1 fully saturated rings. The van der Waals surface area contributed by atoms with Gasteiger partial charge in [0.15, 0.2) is 0 Å². The predicted octanol–water partition coefficient (Wildman–Crippen LogP) is 3.06. The van der Waals surface area contributed by atoms with Crippen LogP contribution in [0, 0.1) is 0 Å². The van der Waals surface area contributed by atoms with Crippen molar-refractivity contribution in [3.05, 3.63) is 11.9 Å². The van der Waals surface area contributed by atoms with Gasteiger partial charge in [-0.2, -0.15) is 13.2 Å². The quantitative estimate of drug-likeness (QED) is 0.789. The molecule has 0 radical (unpaired) electrons. The monoisotopic (exact) mass is 292 g/mol. The van der Waals surface area contributed by atoms with E-state index in [1.165, 1.54) is 0 Å². The second-order valence-corrected chi connectivity index (χ2v) is 5.40. The standard InChI is InChI=1S/C11H15F3N4S/c1-15-8-6-9(16-4-5-19-11(12,13)14)18-10(17-8)7-2-3-7/h6-7H,2-5H2,1H3,(H2,15,16,17,18). The van der Waals surface area contributed by atoms with Crippen LogP contribution in [0.3, 0.4) is 0 Å². The van der Waals surface area contributed by atoms with Crippen LogP contribution >= 0.6 is 11.8 Å². The number of thioether (sulfide) groups is 1. The zero-order valence-electron chi connectivity index (χ0n) is 10.4. The van der Waals surface area contributed by atoms with Crippen LogP contribution in [0.1, 0.15) is 24.6 Å². The fourth-order valence-electron chi connectivity index (χ4n) is 1.55. The predicted molar refractivity (Wildman–Crippen MR) is 70.6 cm³/mol. The minimum atomic E-state index is -4.18. The lowest BCUT2D eigenvalue weighted by atomic mass is 10.3. The molecule has 0 aliphatic heterocycles. The van der Waals surface area contributed by atoms with Gasteiger partial charge in [0.25, 0.3) is 0 Å². The molecule has 1 aliphatic carbocycles. The molecule has 8 heteroatoms. The van der Waals surface area contributed by atoms with E-state index in [1.54, 1.807) is 13.1 Å². The molecule has 0 saturated heterocycles. The van der Waals surface area contributed by atoms with Crippen molar-refractivity contribution >= 4 is 23.4 Å². The lowest BCUT2D eigenvalue weighted by Crippen LogP contribution is -2.11. The number of rotatable bonds is 6. The lowest BCUT2D eigenvalue weighted by molar-refractivity contribution is -0.0327. The minimum absolute atomic E-state index is 0.0359. The summed E-state index contributed by atoms with van der Waals surface area (Å²) < 4.78 is 35.9. The van der Waals surface area contributed by atoms with Gasteiger partial charge in [0, 0.05) is 31.3 Å². The molecule has 106 valence electrons. The first-order chi connectivity index (χ1) is 8.98. The molecule has 0 bridgehead atoms. The summed E-state index contributed by atoms with van der Waals surface area (Å²) in [6.45, 7) is 0.217. The van der Waals surface area contributed by atoms with E-state index in [9.17, 15) is 13.2 Å². The van der Waals surface area contributed by atoms with E-state index in [0.717, 1.165) is 18.7 Å². The highest BCUT2D eigenvalue weighted by Gasteiger charge is 2.28. The van der Waals surface area contributed by atoms with Crippen molar-refractivity contribution in [2.45, 2.75) is 24.3 Å². The highest BCUT2D eigenvalue weighted by atomic mass is 32.2. The van der Waals surface area contributed by atoms with Crippen LogP contribution < -0.4 is 10.6 Å². The molecule has 19 heavy (non-hydrogen) atoms. The molecule has 0 aromatic carbocycles. The van der Waals surface area contributed by atoms with Gasteiger partial charge >= 0.3 is 5.51 Å². The highest BCUT2D eigenvalue weighted by Crippen LogP contribution is 2.38. The molecule has 0 amide bonds. The third-order valence-electron chi connectivity index (χ3n) is 2.62. The summed E-state index contributed by atoms with van der Waals surface area (Å²) in [5, 5.41) is 5.83. The topological polar surface area (TPSA) is 49.8 Å². The first-order valence-electron chi connectivity index (χ1n) is 5.99. The highest BCUT2D eigenvalue weighted by molar-refractivity contribution is 8.00. The molecule has 1 aliphatic rings. The van der Waals surface area contributed by atoms with Gasteiger partial charge in [0.05, 0.1) is 0 Å². The van der Waals surface area contributed by atoms with E-state index in [2.05, 4.69) is 20.6 Å². The van der Waals surface area contributed by atoms with E-state index in [-0.39, 0.29) is 24.1 Å². The molecule has 0 unspecified atom stereocenters. The van der Waals surface area contributed by atoms with Crippen LogP contribution in [0.4, 0.5) is 24.8 Å². The molecule has 0 atom stereocenters. The molecule has 4 nitrogen and oxygen atoms in total. The number of nitrogens with one attached hydrogen (secondary N) is 2. The lowest BCUT2D eigenvalue weighted by Gasteiger charge is -2.10. The summed E-state index contributed by atoms with van der Waals surface area (Å²) in [7, 11) is 1.75. The third-order valence-corrected chi connectivity index (χ3v) is 3.35. The van der Waals surface area contributed by atoms with Crippen molar-refractivity contribution in [1.29, 1.82) is 0 Å². The Hall–Kier alpha value is -1.18. The van der Waals surface area contributed by atoms with Gasteiger partial charge in [-0.05, 0) is 24.6 Å². The van der Waals surface area contributed by atoms with Gasteiger partial charge in [0.2, 0.25) is 0 Å². The van der Waals surface area contributed by atoms with E-state index in [0.29, 0.717) is 17.6 Å². The Labute approximate surface area is 113 Å². The SMILES string of the molecule is CNc1cc(NCCSC(F)(F)F)nc(C2CC2)n1. The van der Waals surface area contributed by atoms with Crippen LogP contribution in [0.5, 0.6) is 0 Å². The smallest absolute Gasteiger partial charge is 0.373 e. The fraction of sp³-hybridized carbons (Fsp3) is 0.636. The van der Waals surface area contributed by atoms with Crippen LogP contribution in [0.25, 0.3) is 0 Å². The van der Waals surface area contributed by atoms with Crippen molar-refractivity contribution in [3.63, 3.8) is 0 Å². The molecule has 1 heterocycles. The van der Waals surface area contributed by atoms with Gasteiger partial charge in [-0.15, -0.1) is 0 Å². The van der Waals surface area contributed by atoms with Crippen molar-refractivity contribution < 1.29 is 13.2 Å². The van der Waals surface area contributed by atoms with Crippen LogP contribution in [-0.2, 0) is 0 Å². The molecule has 2 N–H and O–H groups in total. The molecule has 1 saturated carbocycles. The maximum Gasteiger partial charge on any atom is 0.441 e. The van der Waals surface area contributed by atoms with Crippen LogP contribution in [0.2, 0.25) is 0 Å². The average molecular weight is 292 g/mol. The minimum Gasteiger partial charge on any atom is -0.373 e. The number of anilines is 2. The normalized spacial score (nSPS) is 15.4. The summed E-state index contributed by atoms with van der Waals surface area (Å²) in [5.41, 5.74) is -4.18. The van der Waals surface area contributed by atoms with Gasteiger partial charge in [0.1, 0.15) is 17.5 Å². The fourth-order valence-corrected chi connectivity index (χ4v) is 1.99. The maximum atomic E-state index is 12.0. The van der Waals surface area contributed by atoms with Crippen molar-refractivity contribution in [3.8, 4) is 0 Å². The Morgan fingerprint density at radius 3 is 2.58 bits per heavy atom. The van der Waals surface area contributed by atoms with E-state index >= 15 is 0 Å². The van der Waals surface area contributed by atoms with Crippen LogP contribution in [-0.4, -0.2) is 34.8 Å². The summed E-state index contributed by atoms with van der Waals surface area (Å²) in [6.07, 6.45) is 2.16. The number of alkyl halides is 3. The van der Waals surface area contributed by atoms with Crippen molar-refractivity contribution in [1.82, 2.24) is 9.97 Å². The number of halogens is 3. The zero-order chi connectivity index (χ0) is 13.9. The summed E-state index contributed by atoms with van der Waals surface area (Å²) in [6, 6.07) is 1.70. The summed E-state index contributed by atoms with van der Waals surface area (Å²) in [5.74, 6) is 2.38. The van der Waals surface area contributed by atoms with Crippen molar-refractivity contribution in [2.24, 2.45) is 0 Å². The van der Waals surface area contributed by atoms with E-state index in [4.69, 9.17) is 0 Å². The van der Waals surface area contributed by atoms with Crippen molar-refractivity contribution in [2.75, 3.05) is 30.0 Å². The van der Waals surface area contributed by atoms with Gasteiger partial charge in [-0.1, -0.05) is 0 Å². The van der Waals surface area contributed by atoms with Gasteiger partial charge in [-0.25, -0.2) is 9.97 Å². The molecule has 1 aromatic rings. The number of nitrogens with zero attached hydrogens (tertiary/aromatic N) is 2. The molecular formula is C11H15F3N4S. The van der Waals surface area contributed by atoms with Gasteiger partial charge < -0.3 is 10.6 Å². The van der Waals surface area contributed by atoms with E-state index < -0.39 is 5.51 Å². The first kappa shape index (κ1) is 14.2. The third kappa shape index (κ3) is 4.77. The number of hydrogen-bond acceptors (Lipinski definition) is 5. The molecule has 2 rings (SSSR count). The van der Waals surface area contributed by atoms with Crippen LogP contribution in [0.15, 0.2) is 6.07 Å². The Bertz CT molecular complexity index is 434. The second-order valence-electron chi connectivity index (χ2n) is 4.24. The summed E-state index contributed by atoms with van der Waals surface area (Å²) in [4.78, 5) is 8.66. The zero-order valence-corrected chi connectivity index (χ0v) is 11.2. The average Bonchev–Trinajstić information content (AvgIpc) is 3.17. The molecular weight excluding hydrogens is 277 g/mol. The Kier molecular flexibility index (Phi) is 4.38.